The van der Waals surface area contributed by atoms with Gasteiger partial charge in [-0.1, -0.05) is 0 Å². The topological polar surface area (TPSA) is 59.0 Å². The van der Waals surface area contributed by atoms with Crippen molar-refractivity contribution < 1.29 is 13.9 Å². The molecule has 28 heavy (non-hydrogen) atoms. The molecule has 0 saturated carbocycles. The molecule has 0 aliphatic carbocycles. The Hall–Kier alpha value is -3.28. The number of hydrogen-bond acceptors (Lipinski definition) is 2. The van der Waals surface area contributed by atoms with Gasteiger partial charge in [0.05, 0.1) is 12.6 Å². The predicted octanol–water partition coefficient (Wildman–Crippen LogP) is 4.02. The Balaban J connectivity index is 1.32. The molecule has 2 N–H and O–H groups in total. The second-order valence-corrected chi connectivity index (χ2v) is 6.79. The summed E-state index contributed by atoms with van der Waals surface area (Å²) in [6.45, 7) is 1.08. The normalized spacial score (nSPS) is 11.2. The molecule has 1 amide bonds. The van der Waals surface area contributed by atoms with Crippen molar-refractivity contribution in [3.05, 3.63) is 66.2 Å². The van der Waals surface area contributed by atoms with Crippen LogP contribution in [0.2, 0.25) is 0 Å². The number of nitrogens with one attached hydrogen (secondary N) is 2. The van der Waals surface area contributed by atoms with E-state index in [0.717, 1.165) is 39.5 Å². The van der Waals surface area contributed by atoms with Crippen LogP contribution >= 0.6 is 0 Å². The van der Waals surface area contributed by atoms with Gasteiger partial charge < -0.3 is 19.6 Å². The lowest BCUT2D eigenvalue weighted by Crippen LogP contribution is -2.26. The van der Waals surface area contributed by atoms with Crippen LogP contribution in [0, 0.1) is 5.82 Å². The molecule has 0 spiro atoms. The summed E-state index contributed by atoms with van der Waals surface area (Å²) in [5.74, 6) is 0.524. The van der Waals surface area contributed by atoms with Gasteiger partial charge in [-0.05, 0) is 59.8 Å². The van der Waals surface area contributed by atoms with E-state index in [-0.39, 0.29) is 11.7 Å². The van der Waals surface area contributed by atoms with Crippen LogP contribution in [-0.2, 0) is 17.8 Å². The van der Waals surface area contributed by atoms with Crippen LogP contribution in [0.4, 0.5) is 4.39 Å². The molecule has 0 aliphatic heterocycles. The SMILES string of the molecule is COc1ccc2[nH]cc(CCNC(=O)CCn3ccc4ccc(F)cc43)c2c1. The highest BCUT2D eigenvalue weighted by molar-refractivity contribution is 5.85. The van der Waals surface area contributed by atoms with Crippen LogP contribution in [0.1, 0.15) is 12.0 Å². The Morgan fingerprint density at radius 3 is 2.96 bits per heavy atom. The number of methoxy groups -OCH3 is 1. The van der Waals surface area contributed by atoms with Crippen molar-refractivity contribution in [3.8, 4) is 5.75 Å². The molecule has 0 bridgehead atoms. The second kappa shape index (κ2) is 7.76. The van der Waals surface area contributed by atoms with Crippen LogP contribution < -0.4 is 10.1 Å². The molecule has 0 radical (unpaired) electrons. The summed E-state index contributed by atoms with van der Waals surface area (Å²) in [4.78, 5) is 15.4. The maximum absolute atomic E-state index is 13.4. The fraction of sp³-hybridized carbons (Fsp3) is 0.227. The van der Waals surface area contributed by atoms with Crippen LogP contribution in [0.3, 0.4) is 0 Å². The number of nitrogens with zero attached hydrogens (tertiary/aromatic N) is 1. The zero-order valence-electron chi connectivity index (χ0n) is 15.7. The summed E-state index contributed by atoms with van der Waals surface area (Å²) in [5.41, 5.74) is 3.00. The number of aryl methyl sites for hydroxylation is 1. The molecule has 2 heterocycles. The summed E-state index contributed by atoms with van der Waals surface area (Å²) >= 11 is 0. The highest BCUT2D eigenvalue weighted by Crippen LogP contribution is 2.23. The van der Waals surface area contributed by atoms with Gasteiger partial charge in [-0.25, -0.2) is 4.39 Å². The fourth-order valence-corrected chi connectivity index (χ4v) is 3.49. The predicted molar refractivity (Wildman–Crippen MR) is 108 cm³/mol. The number of carbonyl (C=O) groups is 1. The third kappa shape index (κ3) is 3.71. The summed E-state index contributed by atoms with van der Waals surface area (Å²) in [5, 5.41) is 5.04. The Morgan fingerprint density at radius 2 is 2.11 bits per heavy atom. The van der Waals surface area contributed by atoms with Gasteiger partial charge in [0.1, 0.15) is 11.6 Å². The van der Waals surface area contributed by atoms with Crippen molar-refractivity contribution in [2.45, 2.75) is 19.4 Å². The first-order chi connectivity index (χ1) is 13.6. The molecule has 2 aromatic carbocycles. The lowest BCUT2D eigenvalue weighted by atomic mass is 10.1. The van der Waals surface area contributed by atoms with Gasteiger partial charge in [0.25, 0.3) is 0 Å². The van der Waals surface area contributed by atoms with Gasteiger partial charge in [-0.15, -0.1) is 0 Å². The molecule has 0 saturated heterocycles. The average Bonchev–Trinajstić information content (AvgIpc) is 3.29. The molecular formula is C22H22FN3O2. The zero-order valence-corrected chi connectivity index (χ0v) is 15.7. The molecule has 0 atom stereocenters. The molecule has 144 valence electrons. The van der Waals surface area contributed by atoms with E-state index in [1.165, 1.54) is 12.1 Å². The molecule has 0 aliphatic rings. The maximum atomic E-state index is 13.4. The van der Waals surface area contributed by atoms with Gasteiger partial charge in [0.2, 0.25) is 5.91 Å². The first kappa shape index (κ1) is 18.1. The number of carbonyl (C=O) groups excluding carboxylic acids is 1. The average molecular weight is 379 g/mol. The highest BCUT2D eigenvalue weighted by Gasteiger charge is 2.08. The van der Waals surface area contributed by atoms with Crippen LogP contribution in [-0.4, -0.2) is 29.1 Å². The van der Waals surface area contributed by atoms with Crippen LogP contribution in [0.15, 0.2) is 54.9 Å². The minimum Gasteiger partial charge on any atom is -0.497 e. The second-order valence-electron chi connectivity index (χ2n) is 6.79. The molecular weight excluding hydrogens is 357 g/mol. The van der Waals surface area contributed by atoms with Gasteiger partial charge in [-0.3, -0.25) is 4.79 Å². The smallest absolute Gasteiger partial charge is 0.221 e. The minimum absolute atomic E-state index is 0.0179. The zero-order chi connectivity index (χ0) is 19.5. The Kier molecular flexibility index (Phi) is 5.02. The summed E-state index contributed by atoms with van der Waals surface area (Å²) in [7, 11) is 1.65. The van der Waals surface area contributed by atoms with E-state index in [2.05, 4.69) is 10.3 Å². The largest absolute Gasteiger partial charge is 0.497 e. The van der Waals surface area contributed by atoms with Crippen molar-refractivity contribution >= 4 is 27.7 Å². The first-order valence-electron chi connectivity index (χ1n) is 9.29. The van der Waals surface area contributed by atoms with Gasteiger partial charge in [0, 0.05) is 42.8 Å². The number of benzene rings is 2. The first-order valence-corrected chi connectivity index (χ1v) is 9.29. The highest BCUT2D eigenvalue weighted by atomic mass is 19.1. The van der Waals surface area contributed by atoms with Crippen LogP contribution in [0.25, 0.3) is 21.8 Å². The van der Waals surface area contributed by atoms with Crippen molar-refractivity contribution in [1.29, 1.82) is 0 Å². The summed E-state index contributed by atoms with van der Waals surface area (Å²) < 4.78 is 20.6. The molecule has 4 rings (SSSR count). The van der Waals surface area contributed by atoms with Crippen molar-refractivity contribution in [3.63, 3.8) is 0 Å². The Labute approximate surface area is 162 Å². The van der Waals surface area contributed by atoms with Crippen molar-refractivity contribution in [2.24, 2.45) is 0 Å². The number of H-pyrrole nitrogens is 1. The monoisotopic (exact) mass is 379 g/mol. The molecule has 6 heteroatoms. The number of halogens is 1. The minimum atomic E-state index is -0.271. The van der Waals surface area contributed by atoms with Crippen LogP contribution in [0.5, 0.6) is 5.75 Å². The van der Waals surface area contributed by atoms with E-state index < -0.39 is 0 Å². The van der Waals surface area contributed by atoms with E-state index >= 15 is 0 Å². The number of hydrogen-bond donors (Lipinski definition) is 2. The van der Waals surface area contributed by atoms with E-state index in [1.54, 1.807) is 13.2 Å². The lowest BCUT2D eigenvalue weighted by Gasteiger charge is -2.07. The van der Waals surface area contributed by atoms with Gasteiger partial charge in [-0.2, -0.15) is 0 Å². The number of aromatic nitrogens is 2. The number of fused-ring (bicyclic) bond motifs is 2. The summed E-state index contributed by atoms with van der Waals surface area (Å²) in [6.07, 6.45) is 4.94. The molecule has 5 nitrogen and oxygen atoms in total. The molecule has 0 unspecified atom stereocenters. The van der Waals surface area contributed by atoms with E-state index in [0.29, 0.717) is 19.5 Å². The third-order valence-corrected chi connectivity index (χ3v) is 5.01. The molecule has 4 aromatic rings. The number of amides is 1. The van der Waals surface area contributed by atoms with E-state index in [9.17, 15) is 9.18 Å². The third-order valence-electron chi connectivity index (χ3n) is 5.01. The number of ether oxygens (including phenoxy) is 1. The Morgan fingerprint density at radius 1 is 1.21 bits per heavy atom. The molecule has 2 aromatic heterocycles. The fourth-order valence-electron chi connectivity index (χ4n) is 3.49. The van der Waals surface area contributed by atoms with Crippen molar-refractivity contribution in [1.82, 2.24) is 14.9 Å². The number of rotatable bonds is 7. The quantitative estimate of drug-likeness (QED) is 0.510. The van der Waals surface area contributed by atoms with E-state index in [4.69, 9.17) is 4.74 Å². The van der Waals surface area contributed by atoms with Gasteiger partial charge >= 0.3 is 0 Å². The number of aromatic amines is 1. The van der Waals surface area contributed by atoms with E-state index in [1.807, 2.05) is 41.2 Å². The van der Waals surface area contributed by atoms with Gasteiger partial charge in [0.15, 0.2) is 0 Å². The Bertz CT molecular complexity index is 1130. The molecule has 0 fully saturated rings. The standard InChI is InChI=1S/C22H22FN3O2/c1-28-18-4-5-20-19(13-18)16(14-25-20)6-9-24-22(27)8-11-26-10-7-15-2-3-17(23)12-21(15)26/h2-5,7,10,12-14,25H,6,8-9,11H2,1H3,(H,24,27). The maximum Gasteiger partial charge on any atom is 0.221 e. The van der Waals surface area contributed by atoms with Crippen molar-refractivity contribution in [2.75, 3.05) is 13.7 Å². The summed E-state index contributed by atoms with van der Waals surface area (Å²) in [6, 6.07) is 12.5. The lowest BCUT2D eigenvalue weighted by molar-refractivity contribution is -0.121.